The second-order valence-corrected chi connectivity index (χ2v) is 3.77. The van der Waals surface area contributed by atoms with Crippen LogP contribution in [0.1, 0.15) is 19.8 Å². The molecular formula is C13H16N2O2. The molecule has 0 aromatic carbocycles. The maximum absolute atomic E-state index is 10.9. The first kappa shape index (κ1) is 13.0. The van der Waals surface area contributed by atoms with E-state index in [0.717, 1.165) is 18.6 Å². The average Bonchev–Trinajstić information content (AvgIpc) is 2.28. The number of carbonyl (C=O) groups is 1. The van der Waals surface area contributed by atoms with Crippen LogP contribution in [-0.2, 0) is 9.53 Å². The zero-order chi connectivity index (χ0) is 12.8. The number of aliphatic imine (C=N–C) groups is 1. The molecule has 0 unspecified atom stereocenters. The highest BCUT2D eigenvalue weighted by molar-refractivity contribution is 5.92. The monoisotopic (exact) mass is 232 g/mol. The molecule has 4 heteroatoms. The molecule has 0 bridgehead atoms. The highest BCUT2D eigenvalue weighted by Crippen LogP contribution is 2.21. The van der Waals surface area contributed by atoms with E-state index in [0.29, 0.717) is 5.76 Å². The molecule has 17 heavy (non-hydrogen) atoms. The fraction of sp³-hybridized carbons (Fsp3) is 0.231. The van der Waals surface area contributed by atoms with Gasteiger partial charge in [0.05, 0.1) is 0 Å². The number of nitrogens with two attached hydrogens (primary N) is 1. The van der Waals surface area contributed by atoms with Crippen LogP contribution in [0.25, 0.3) is 0 Å². The van der Waals surface area contributed by atoms with Gasteiger partial charge in [-0.05, 0) is 26.1 Å². The second-order valence-electron chi connectivity index (χ2n) is 3.77. The lowest BCUT2D eigenvalue weighted by molar-refractivity contribution is -0.114. The summed E-state index contributed by atoms with van der Waals surface area (Å²) >= 11 is 0. The predicted octanol–water partition coefficient (Wildman–Crippen LogP) is 2.21. The Kier molecular flexibility index (Phi) is 4.46. The molecule has 0 spiro atoms. The van der Waals surface area contributed by atoms with Crippen LogP contribution in [0.5, 0.6) is 0 Å². The van der Waals surface area contributed by atoms with Gasteiger partial charge in [-0.2, -0.15) is 0 Å². The van der Waals surface area contributed by atoms with Crippen LogP contribution < -0.4 is 5.73 Å². The molecular weight excluding hydrogens is 216 g/mol. The molecule has 0 aromatic rings. The number of amides is 1. The summed E-state index contributed by atoms with van der Waals surface area (Å²) in [4.78, 5) is 14.4. The Morgan fingerprint density at radius 2 is 2.24 bits per heavy atom. The molecule has 0 atom stereocenters. The smallest absolute Gasteiger partial charge is 0.267 e. The van der Waals surface area contributed by atoms with E-state index in [-0.39, 0.29) is 5.70 Å². The zero-order valence-electron chi connectivity index (χ0n) is 9.90. The normalized spacial score (nSPS) is 15.7. The zero-order valence-corrected chi connectivity index (χ0v) is 9.90. The van der Waals surface area contributed by atoms with Crippen LogP contribution in [0.3, 0.4) is 0 Å². The molecule has 0 fully saturated rings. The van der Waals surface area contributed by atoms with Crippen molar-refractivity contribution < 1.29 is 9.53 Å². The van der Waals surface area contributed by atoms with Gasteiger partial charge in [-0.15, -0.1) is 0 Å². The number of ether oxygens (including phenoxy) is 1. The van der Waals surface area contributed by atoms with Crippen LogP contribution in [0.15, 0.2) is 52.6 Å². The van der Waals surface area contributed by atoms with E-state index >= 15 is 0 Å². The number of nitrogens with zero attached hydrogens (tertiary/aromatic N) is 1. The number of rotatable bonds is 5. The lowest BCUT2D eigenvalue weighted by Crippen LogP contribution is -2.12. The number of hydrogen-bond acceptors (Lipinski definition) is 3. The standard InChI is InChI=1S/C13H16N2O2/c1-9-4-6-11(7-5-9)17-10(2)8-12(15-3)13(14)16/h4,6,8H,2-3,5,7H2,1H3,(H2,14,16)/b12-8-. The molecule has 4 nitrogen and oxygen atoms in total. The average molecular weight is 232 g/mol. The van der Waals surface area contributed by atoms with Crippen molar-refractivity contribution in [2.75, 3.05) is 0 Å². The molecule has 0 aromatic heterocycles. The Hall–Kier alpha value is -2.10. The third kappa shape index (κ3) is 4.10. The lowest BCUT2D eigenvalue weighted by atomic mass is 10.1. The number of hydrogen-bond donors (Lipinski definition) is 1. The Morgan fingerprint density at radius 1 is 1.53 bits per heavy atom. The Morgan fingerprint density at radius 3 is 2.71 bits per heavy atom. The lowest BCUT2D eigenvalue weighted by Gasteiger charge is -2.13. The summed E-state index contributed by atoms with van der Waals surface area (Å²) in [6, 6.07) is 0. The minimum atomic E-state index is -0.655. The van der Waals surface area contributed by atoms with Crippen molar-refractivity contribution in [3.8, 4) is 0 Å². The minimum absolute atomic E-state index is 0.0399. The van der Waals surface area contributed by atoms with Gasteiger partial charge in [-0.3, -0.25) is 9.79 Å². The van der Waals surface area contributed by atoms with E-state index in [1.165, 1.54) is 11.6 Å². The Bertz CT molecular complexity index is 442. The first-order chi connectivity index (χ1) is 8.02. The van der Waals surface area contributed by atoms with Gasteiger partial charge in [0.15, 0.2) is 0 Å². The van der Waals surface area contributed by atoms with Crippen molar-refractivity contribution in [1.82, 2.24) is 0 Å². The highest BCUT2D eigenvalue weighted by atomic mass is 16.5. The summed E-state index contributed by atoms with van der Waals surface area (Å²) in [6.45, 7) is 9.00. The summed E-state index contributed by atoms with van der Waals surface area (Å²) in [5.41, 5.74) is 6.43. The molecule has 1 rings (SSSR count). The molecule has 0 heterocycles. The van der Waals surface area contributed by atoms with Gasteiger partial charge in [0.2, 0.25) is 0 Å². The van der Waals surface area contributed by atoms with Crippen molar-refractivity contribution in [3.05, 3.63) is 47.6 Å². The molecule has 2 N–H and O–H groups in total. The van der Waals surface area contributed by atoms with Gasteiger partial charge in [0.1, 0.15) is 17.2 Å². The first-order valence-electron chi connectivity index (χ1n) is 5.24. The second kappa shape index (κ2) is 5.84. The predicted molar refractivity (Wildman–Crippen MR) is 68.1 cm³/mol. The van der Waals surface area contributed by atoms with Gasteiger partial charge in [-0.1, -0.05) is 18.2 Å². The van der Waals surface area contributed by atoms with Gasteiger partial charge >= 0.3 is 0 Å². The van der Waals surface area contributed by atoms with E-state index < -0.39 is 5.91 Å². The largest absolute Gasteiger partial charge is 0.462 e. The van der Waals surface area contributed by atoms with Gasteiger partial charge < -0.3 is 10.5 Å². The Balaban J connectivity index is 2.67. The fourth-order valence-electron chi connectivity index (χ4n) is 1.35. The SMILES string of the molecule is C=N/C(=C\C(=C)OC1=CC=C(C)CC1)C(N)=O. The van der Waals surface area contributed by atoms with Crippen LogP contribution in [0, 0.1) is 0 Å². The van der Waals surface area contributed by atoms with E-state index in [1.54, 1.807) is 0 Å². The van der Waals surface area contributed by atoms with Gasteiger partial charge in [0, 0.05) is 12.5 Å². The number of primary amides is 1. The van der Waals surface area contributed by atoms with Gasteiger partial charge in [-0.25, -0.2) is 0 Å². The third-order valence-electron chi connectivity index (χ3n) is 2.30. The van der Waals surface area contributed by atoms with Crippen LogP contribution in [-0.4, -0.2) is 12.6 Å². The Labute approximate surface area is 101 Å². The van der Waals surface area contributed by atoms with Gasteiger partial charge in [0.25, 0.3) is 5.91 Å². The maximum Gasteiger partial charge on any atom is 0.267 e. The van der Waals surface area contributed by atoms with Crippen molar-refractivity contribution in [3.63, 3.8) is 0 Å². The topological polar surface area (TPSA) is 64.7 Å². The molecule has 0 saturated carbocycles. The van der Waals surface area contributed by atoms with Crippen molar-refractivity contribution in [1.29, 1.82) is 0 Å². The van der Waals surface area contributed by atoms with Crippen molar-refractivity contribution in [2.45, 2.75) is 19.8 Å². The van der Waals surface area contributed by atoms with Crippen LogP contribution in [0.2, 0.25) is 0 Å². The van der Waals surface area contributed by atoms with Crippen LogP contribution >= 0.6 is 0 Å². The van der Waals surface area contributed by atoms with E-state index in [2.05, 4.69) is 25.2 Å². The summed E-state index contributed by atoms with van der Waals surface area (Å²) in [5, 5.41) is 0. The number of allylic oxidation sites excluding steroid dienone is 5. The molecule has 1 amide bonds. The summed E-state index contributed by atoms with van der Waals surface area (Å²) in [5.74, 6) is 0.480. The quantitative estimate of drug-likeness (QED) is 0.342. The van der Waals surface area contributed by atoms with E-state index in [9.17, 15) is 4.79 Å². The summed E-state index contributed by atoms with van der Waals surface area (Å²) in [6.07, 6.45) is 7.05. The molecule has 0 saturated heterocycles. The molecule has 0 radical (unpaired) electrons. The van der Waals surface area contributed by atoms with Crippen LogP contribution in [0.4, 0.5) is 0 Å². The molecule has 90 valence electrons. The fourth-order valence-corrected chi connectivity index (χ4v) is 1.35. The minimum Gasteiger partial charge on any atom is -0.462 e. The third-order valence-corrected chi connectivity index (χ3v) is 2.30. The van der Waals surface area contributed by atoms with Crippen molar-refractivity contribution >= 4 is 12.6 Å². The highest BCUT2D eigenvalue weighted by Gasteiger charge is 2.07. The van der Waals surface area contributed by atoms with E-state index in [4.69, 9.17) is 10.5 Å². The molecule has 0 aliphatic heterocycles. The van der Waals surface area contributed by atoms with Crippen molar-refractivity contribution in [2.24, 2.45) is 10.7 Å². The molecule has 1 aliphatic rings. The molecule has 1 aliphatic carbocycles. The van der Waals surface area contributed by atoms with E-state index in [1.807, 2.05) is 12.2 Å². The summed E-state index contributed by atoms with van der Waals surface area (Å²) in [7, 11) is 0. The number of carbonyl (C=O) groups excluding carboxylic acids is 1. The summed E-state index contributed by atoms with van der Waals surface area (Å²) < 4.78 is 5.47. The maximum atomic E-state index is 10.9. The first-order valence-corrected chi connectivity index (χ1v) is 5.24.